The van der Waals surface area contributed by atoms with E-state index in [9.17, 15) is 5.26 Å². The minimum atomic E-state index is -1.93. The summed E-state index contributed by atoms with van der Waals surface area (Å²) in [6.45, 7) is 19.0. The molecule has 0 radical (unpaired) electrons. The van der Waals surface area contributed by atoms with E-state index in [1.54, 1.807) is 20.8 Å². The number of hydrogen-bond acceptors (Lipinski definition) is 8. The third-order valence-electron chi connectivity index (χ3n) is 5.62. The Labute approximate surface area is 222 Å². The maximum atomic E-state index is 9.45. The van der Waals surface area contributed by atoms with Crippen molar-refractivity contribution < 1.29 is 43.8 Å². The Hall–Kier alpha value is -1.76. The van der Waals surface area contributed by atoms with E-state index in [4.69, 9.17) is 29.2 Å². The van der Waals surface area contributed by atoms with Crippen molar-refractivity contribution in [2.45, 2.75) is 84.5 Å². The molecular formula is C25H38BN3O5Zn. The van der Waals surface area contributed by atoms with Crippen LogP contribution in [0.25, 0.3) is 0 Å². The largest absolute Gasteiger partial charge is 2.00 e. The van der Waals surface area contributed by atoms with Gasteiger partial charge in [-0.15, -0.1) is 0 Å². The quantitative estimate of drug-likeness (QED) is 0.335. The van der Waals surface area contributed by atoms with E-state index in [0.29, 0.717) is 37.2 Å². The molecule has 0 saturated heterocycles. The predicted octanol–water partition coefficient (Wildman–Crippen LogP) is 2.66. The first-order valence-corrected chi connectivity index (χ1v) is 11.8. The van der Waals surface area contributed by atoms with Gasteiger partial charge in [0, 0.05) is 23.0 Å². The molecule has 3 heterocycles. The van der Waals surface area contributed by atoms with Crippen molar-refractivity contribution in [2.24, 2.45) is 15.0 Å². The molecule has 0 saturated carbocycles. The van der Waals surface area contributed by atoms with Gasteiger partial charge in [-0.1, -0.05) is 30.3 Å². The van der Waals surface area contributed by atoms with Gasteiger partial charge in [-0.25, -0.2) is 0 Å². The Morgan fingerprint density at radius 1 is 0.743 bits per heavy atom. The van der Waals surface area contributed by atoms with Crippen molar-refractivity contribution in [3.8, 4) is 0 Å². The molecule has 0 aliphatic carbocycles. The normalized spacial score (nSPS) is 21.7. The Bertz CT molecular complexity index is 901. The van der Waals surface area contributed by atoms with Gasteiger partial charge in [-0.3, -0.25) is 15.0 Å². The van der Waals surface area contributed by atoms with Crippen LogP contribution >= 0.6 is 0 Å². The van der Waals surface area contributed by atoms with Gasteiger partial charge in [0.25, 0.3) is 6.15 Å². The Morgan fingerprint density at radius 3 is 1.29 bits per heavy atom. The summed E-state index contributed by atoms with van der Waals surface area (Å²) >= 11 is 0. The van der Waals surface area contributed by atoms with Crippen molar-refractivity contribution in [1.29, 1.82) is 0 Å². The number of hydrogen-bond donors (Lipinski definition) is 0. The molecule has 1 aromatic rings. The van der Waals surface area contributed by atoms with E-state index in [0.717, 1.165) is 5.46 Å². The summed E-state index contributed by atoms with van der Waals surface area (Å²) in [7, 11) is 0. The Morgan fingerprint density at radius 2 is 1.06 bits per heavy atom. The van der Waals surface area contributed by atoms with Crippen LogP contribution in [-0.4, -0.2) is 65.6 Å². The molecule has 0 atom stereocenters. The molecule has 0 aromatic heterocycles. The maximum absolute atomic E-state index is 9.45. The summed E-state index contributed by atoms with van der Waals surface area (Å²) < 4.78 is 18.6. The van der Waals surface area contributed by atoms with Gasteiger partial charge in [0.15, 0.2) is 0 Å². The van der Waals surface area contributed by atoms with E-state index in [2.05, 4.69) is 58.6 Å². The zero-order valence-electron chi connectivity index (χ0n) is 22.7. The fourth-order valence-electron chi connectivity index (χ4n) is 3.99. The molecule has 10 heteroatoms. The molecule has 3 aliphatic heterocycles. The van der Waals surface area contributed by atoms with Gasteiger partial charge in [-0.2, -0.15) is 5.46 Å². The van der Waals surface area contributed by atoms with Gasteiger partial charge in [0.2, 0.25) is 0 Å². The molecule has 0 N–H and O–H groups in total. The van der Waals surface area contributed by atoms with Crippen LogP contribution in [0.5, 0.6) is 0 Å². The first-order valence-electron chi connectivity index (χ1n) is 11.8. The van der Waals surface area contributed by atoms with E-state index >= 15 is 0 Å². The van der Waals surface area contributed by atoms with E-state index in [-0.39, 0.29) is 36.1 Å². The van der Waals surface area contributed by atoms with Crippen LogP contribution in [0.4, 0.5) is 0 Å². The summed E-state index contributed by atoms with van der Waals surface area (Å²) in [5, 5.41) is 9.45. The van der Waals surface area contributed by atoms with Crippen molar-refractivity contribution in [3.05, 3.63) is 30.3 Å². The molecule has 0 fully saturated rings. The number of ether oxygens (including phenoxy) is 3. The summed E-state index contributed by atoms with van der Waals surface area (Å²) in [5.41, 5.74) is -0.478. The SMILES string of the molecule is CC(C)(C)O[O-].CC1(C)COC([B-](C2=NC(C)(C)CO2)(C2=NC(C)(C)CO2)c2ccccc2)=N1.[Zn+2]. The number of rotatable bonds is 4. The number of nitrogens with zero attached hydrogens (tertiary/aromatic N) is 3. The second kappa shape index (κ2) is 10.3. The smallest absolute Gasteiger partial charge is 0.723 e. The van der Waals surface area contributed by atoms with Gasteiger partial charge < -0.3 is 24.4 Å². The first kappa shape index (κ1) is 29.5. The molecule has 3 aliphatic rings. The van der Waals surface area contributed by atoms with Crippen molar-refractivity contribution >= 4 is 29.0 Å². The zero-order chi connectivity index (χ0) is 25.4. The van der Waals surface area contributed by atoms with Crippen LogP contribution < -0.4 is 10.7 Å². The van der Waals surface area contributed by atoms with Crippen LogP contribution in [0.15, 0.2) is 45.3 Å². The van der Waals surface area contributed by atoms with Crippen molar-refractivity contribution in [2.75, 3.05) is 19.8 Å². The molecule has 0 unspecified atom stereocenters. The first-order chi connectivity index (χ1) is 15.6. The van der Waals surface area contributed by atoms with E-state index in [1.165, 1.54) is 0 Å². The molecule has 8 nitrogen and oxygen atoms in total. The fraction of sp³-hybridized carbons (Fsp3) is 0.640. The molecule has 1 aromatic carbocycles. The Kier molecular flexibility index (Phi) is 8.68. The van der Waals surface area contributed by atoms with Crippen molar-refractivity contribution in [1.82, 2.24) is 0 Å². The second-order valence-electron chi connectivity index (χ2n) is 12.1. The summed E-state index contributed by atoms with van der Waals surface area (Å²) in [6.07, 6.45) is -1.93. The summed E-state index contributed by atoms with van der Waals surface area (Å²) in [4.78, 5) is 18.6. The van der Waals surface area contributed by atoms with Gasteiger partial charge in [0.05, 0.1) is 16.6 Å². The standard InChI is InChI=1S/C21H29BN3O3.C4H10O2.Zn/c1-19(2)12-26-16(23-19)22(15-10-8-7-9-11-15,17-24-20(3,4)13-27-17)18-25-21(5,6)14-28-18;1-4(2,3)6-5;/h7-11H,12-14H2,1-6H3;5H,1-3H3;/q-1;;+2/p-1. The third kappa shape index (κ3) is 6.72. The molecule has 0 bridgehead atoms. The van der Waals surface area contributed by atoms with Crippen LogP contribution in [0.2, 0.25) is 0 Å². The monoisotopic (exact) mass is 535 g/mol. The minimum Gasteiger partial charge on any atom is -0.723 e. The molecule has 35 heavy (non-hydrogen) atoms. The third-order valence-corrected chi connectivity index (χ3v) is 5.62. The molecule has 0 spiro atoms. The van der Waals surface area contributed by atoms with Crippen LogP contribution in [0, 0.1) is 0 Å². The summed E-state index contributed by atoms with van der Waals surface area (Å²) in [6, 6.07) is 10.1. The molecule has 188 valence electrons. The fourth-order valence-corrected chi connectivity index (χ4v) is 3.99. The van der Waals surface area contributed by atoms with Crippen LogP contribution in [0.3, 0.4) is 0 Å². The number of aliphatic imine (C=N–C) groups is 3. The van der Waals surface area contributed by atoms with Gasteiger partial charge >= 0.3 is 19.5 Å². The van der Waals surface area contributed by atoms with Crippen LogP contribution in [0.1, 0.15) is 62.3 Å². The number of benzene rings is 1. The molecule has 4 rings (SSSR count). The molecule has 0 amide bonds. The van der Waals surface area contributed by atoms with Gasteiger partial charge in [-0.05, 0) is 62.3 Å². The van der Waals surface area contributed by atoms with Crippen LogP contribution in [-0.2, 0) is 38.6 Å². The average Bonchev–Trinajstić information content (AvgIpc) is 3.40. The predicted molar refractivity (Wildman–Crippen MR) is 135 cm³/mol. The van der Waals surface area contributed by atoms with E-state index in [1.807, 2.05) is 18.2 Å². The summed E-state index contributed by atoms with van der Waals surface area (Å²) in [5.74, 6) is 1.80. The average molecular weight is 537 g/mol. The maximum Gasteiger partial charge on any atom is 2.00 e. The second-order valence-corrected chi connectivity index (χ2v) is 12.1. The Balaban J connectivity index is 0.000000552. The minimum absolute atomic E-state index is 0. The zero-order valence-corrected chi connectivity index (χ0v) is 25.6. The van der Waals surface area contributed by atoms with Crippen molar-refractivity contribution in [3.63, 3.8) is 0 Å². The topological polar surface area (TPSA) is 97.1 Å². The van der Waals surface area contributed by atoms with E-state index < -0.39 is 11.7 Å². The van der Waals surface area contributed by atoms with Gasteiger partial charge in [0.1, 0.15) is 19.8 Å². The molecular weight excluding hydrogens is 498 g/mol.